The summed E-state index contributed by atoms with van der Waals surface area (Å²) < 4.78 is 11.1. The lowest BCUT2D eigenvalue weighted by molar-refractivity contribution is -0.125. The summed E-state index contributed by atoms with van der Waals surface area (Å²) in [5, 5.41) is 2.90. The number of carbonyl (C=O) groups excluding carboxylic acids is 1. The van der Waals surface area contributed by atoms with Gasteiger partial charge in [0.2, 0.25) is 5.91 Å². The van der Waals surface area contributed by atoms with Crippen LogP contribution in [-0.2, 0) is 4.79 Å². The van der Waals surface area contributed by atoms with Crippen LogP contribution in [0.1, 0.15) is 46.2 Å². The van der Waals surface area contributed by atoms with Crippen LogP contribution in [0.5, 0.6) is 11.5 Å². The zero-order valence-corrected chi connectivity index (χ0v) is 13.5. The Morgan fingerprint density at radius 3 is 2.33 bits per heavy atom. The van der Waals surface area contributed by atoms with E-state index in [4.69, 9.17) is 15.2 Å². The molecule has 1 unspecified atom stereocenters. The van der Waals surface area contributed by atoms with Crippen molar-refractivity contribution in [2.75, 3.05) is 13.2 Å². The molecule has 21 heavy (non-hydrogen) atoms. The van der Waals surface area contributed by atoms with Crippen molar-refractivity contribution in [1.82, 2.24) is 5.32 Å². The van der Waals surface area contributed by atoms with Crippen LogP contribution in [0.25, 0.3) is 0 Å². The first-order valence-electron chi connectivity index (χ1n) is 7.29. The van der Waals surface area contributed by atoms with Gasteiger partial charge in [0.25, 0.3) is 0 Å². The summed E-state index contributed by atoms with van der Waals surface area (Å²) in [6.45, 7) is 10.3. The Morgan fingerprint density at radius 1 is 1.24 bits per heavy atom. The van der Waals surface area contributed by atoms with Crippen molar-refractivity contribution in [3.05, 3.63) is 23.8 Å². The lowest BCUT2D eigenvalue weighted by atomic mass is 10.0. The monoisotopic (exact) mass is 294 g/mol. The average Bonchev–Trinajstić information content (AvgIpc) is 2.40. The minimum atomic E-state index is -0.901. The second-order valence-electron chi connectivity index (χ2n) is 5.49. The lowest BCUT2D eigenvalue weighted by Crippen LogP contribution is -2.49. The molecule has 1 amide bonds. The number of ether oxygens (including phenoxy) is 2. The zero-order valence-electron chi connectivity index (χ0n) is 13.5. The molecule has 0 radical (unpaired) electrons. The number of carbonyl (C=O) groups is 1. The Balaban J connectivity index is 2.92. The maximum Gasteiger partial charge on any atom is 0.239 e. The molecule has 0 aliphatic heterocycles. The third-order valence-electron chi connectivity index (χ3n) is 3.00. The van der Waals surface area contributed by atoms with Crippen LogP contribution >= 0.6 is 0 Å². The standard InChI is InChI=1S/C16H26N2O3/c1-6-20-13-9-8-12(10-14(13)21-7-2)11(3)18-15(19)16(4,5)17/h8-11H,6-7,17H2,1-5H3,(H,18,19). The highest BCUT2D eigenvalue weighted by molar-refractivity contribution is 5.85. The van der Waals surface area contributed by atoms with Gasteiger partial charge in [0, 0.05) is 0 Å². The average molecular weight is 294 g/mol. The quantitative estimate of drug-likeness (QED) is 0.810. The Hall–Kier alpha value is -1.75. The van der Waals surface area contributed by atoms with Crippen LogP contribution in [0.3, 0.4) is 0 Å². The largest absolute Gasteiger partial charge is 0.490 e. The second-order valence-corrected chi connectivity index (χ2v) is 5.49. The third-order valence-corrected chi connectivity index (χ3v) is 3.00. The molecule has 0 fully saturated rings. The number of nitrogens with one attached hydrogen (secondary N) is 1. The Morgan fingerprint density at radius 2 is 1.81 bits per heavy atom. The summed E-state index contributed by atoms with van der Waals surface area (Å²) >= 11 is 0. The molecule has 1 rings (SSSR count). The van der Waals surface area contributed by atoms with Gasteiger partial charge in [-0.2, -0.15) is 0 Å². The van der Waals surface area contributed by atoms with Crippen LogP contribution in [0.2, 0.25) is 0 Å². The first kappa shape index (κ1) is 17.3. The van der Waals surface area contributed by atoms with Gasteiger partial charge in [0.1, 0.15) is 0 Å². The minimum Gasteiger partial charge on any atom is -0.490 e. The second kappa shape index (κ2) is 7.31. The molecule has 5 heteroatoms. The topological polar surface area (TPSA) is 73.6 Å². The van der Waals surface area contributed by atoms with Gasteiger partial charge in [-0.25, -0.2) is 0 Å². The predicted octanol–water partition coefficient (Wildman–Crippen LogP) is 2.40. The van der Waals surface area contributed by atoms with Crippen LogP contribution in [-0.4, -0.2) is 24.7 Å². The number of hydrogen-bond acceptors (Lipinski definition) is 4. The van der Waals surface area contributed by atoms with E-state index in [0.29, 0.717) is 24.7 Å². The van der Waals surface area contributed by atoms with E-state index in [1.54, 1.807) is 13.8 Å². The number of benzene rings is 1. The Kier molecular flexibility index (Phi) is 6.03. The van der Waals surface area contributed by atoms with Crippen molar-refractivity contribution < 1.29 is 14.3 Å². The molecule has 0 aromatic heterocycles. The predicted molar refractivity (Wildman–Crippen MR) is 83.6 cm³/mol. The van der Waals surface area contributed by atoms with Crippen molar-refractivity contribution in [2.24, 2.45) is 5.73 Å². The molecule has 0 saturated heterocycles. The van der Waals surface area contributed by atoms with Gasteiger partial charge in [-0.15, -0.1) is 0 Å². The molecule has 1 atom stereocenters. The Labute approximate surface area is 126 Å². The van der Waals surface area contributed by atoms with E-state index in [9.17, 15) is 4.79 Å². The molecule has 0 saturated carbocycles. The fraction of sp³-hybridized carbons (Fsp3) is 0.562. The molecule has 0 aliphatic rings. The number of hydrogen-bond donors (Lipinski definition) is 2. The van der Waals surface area contributed by atoms with E-state index in [0.717, 1.165) is 5.56 Å². The van der Waals surface area contributed by atoms with Crippen molar-refractivity contribution in [2.45, 2.75) is 46.2 Å². The molecule has 3 N–H and O–H groups in total. The summed E-state index contributed by atoms with van der Waals surface area (Å²) in [7, 11) is 0. The SMILES string of the molecule is CCOc1ccc(C(C)NC(=O)C(C)(C)N)cc1OCC. The molecule has 0 bridgehead atoms. The first-order valence-corrected chi connectivity index (χ1v) is 7.29. The summed E-state index contributed by atoms with van der Waals surface area (Å²) in [5.41, 5.74) is 5.83. The molecule has 118 valence electrons. The van der Waals surface area contributed by atoms with Crippen molar-refractivity contribution in [1.29, 1.82) is 0 Å². The van der Waals surface area contributed by atoms with Crippen LogP contribution in [0.4, 0.5) is 0 Å². The van der Waals surface area contributed by atoms with Gasteiger partial charge in [-0.3, -0.25) is 4.79 Å². The molecule has 0 aliphatic carbocycles. The molecular formula is C16H26N2O3. The van der Waals surface area contributed by atoms with Gasteiger partial charge in [-0.1, -0.05) is 6.07 Å². The van der Waals surface area contributed by atoms with Crippen LogP contribution in [0.15, 0.2) is 18.2 Å². The number of amides is 1. The zero-order chi connectivity index (χ0) is 16.0. The first-order chi connectivity index (χ1) is 9.79. The van der Waals surface area contributed by atoms with Crippen molar-refractivity contribution in [3.63, 3.8) is 0 Å². The number of rotatable bonds is 7. The fourth-order valence-electron chi connectivity index (χ4n) is 1.80. The van der Waals surface area contributed by atoms with E-state index in [2.05, 4.69) is 5.32 Å². The summed E-state index contributed by atoms with van der Waals surface area (Å²) in [5.74, 6) is 1.20. The maximum atomic E-state index is 11.9. The molecule has 1 aromatic rings. The smallest absolute Gasteiger partial charge is 0.239 e. The van der Waals surface area contributed by atoms with Gasteiger partial charge >= 0.3 is 0 Å². The highest BCUT2D eigenvalue weighted by Gasteiger charge is 2.24. The van der Waals surface area contributed by atoms with Crippen LogP contribution < -0.4 is 20.5 Å². The van der Waals surface area contributed by atoms with Gasteiger partial charge in [0.15, 0.2) is 11.5 Å². The third kappa shape index (κ3) is 4.93. The van der Waals surface area contributed by atoms with E-state index in [1.807, 2.05) is 39.0 Å². The summed E-state index contributed by atoms with van der Waals surface area (Å²) in [6.07, 6.45) is 0. The van der Waals surface area contributed by atoms with Gasteiger partial charge in [0.05, 0.1) is 24.8 Å². The highest BCUT2D eigenvalue weighted by Crippen LogP contribution is 2.30. The number of nitrogens with two attached hydrogens (primary N) is 1. The van der Waals surface area contributed by atoms with E-state index < -0.39 is 5.54 Å². The molecule has 5 nitrogen and oxygen atoms in total. The molecule has 0 heterocycles. The fourth-order valence-corrected chi connectivity index (χ4v) is 1.80. The van der Waals surface area contributed by atoms with Crippen molar-refractivity contribution >= 4 is 5.91 Å². The highest BCUT2D eigenvalue weighted by atomic mass is 16.5. The molecular weight excluding hydrogens is 268 g/mol. The normalized spacial score (nSPS) is 12.7. The van der Waals surface area contributed by atoms with E-state index in [1.165, 1.54) is 0 Å². The molecule has 1 aromatic carbocycles. The maximum absolute atomic E-state index is 11.9. The summed E-state index contributed by atoms with van der Waals surface area (Å²) in [6, 6.07) is 5.51. The van der Waals surface area contributed by atoms with Crippen molar-refractivity contribution in [3.8, 4) is 11.5 Å². The van der Waals surface area contributed by atoms with E-state index >= 15 is 0 Å². The minimum absolute atomic E-state index is 0.157. The lowest BCUT2D eigenvalue weighted by Gasteiger charge is -2.22. The summed E-state index contributed by atoms with van der Waals surface area (Å²) in [4.78, 5) is 11.9. The molecule has 0 spiro atoms. The van der Waals surface area contributed by atoms with Crippen LogP contribution in [0, 0.1) is 0 Å². The Bertz CT molecular complexity index is 481. The van der Waals surface area contributed by atoms with Gasteiger partial charge < -0.3 is 20.5 Å². The van der Waals surface area contributed by atoms with Gasteiger partial charge in [-0.05, 0) is 52.3 Å². The van der Waals surface area contributed by atoms with E-state index in [-0.39, 0.29) is 11.9 Å².